The van der Waals surface area contributed by atoms with Crippen LogP contribution in [-0.4, -0.2) is 85.0 Å². The lowest BCUT2D eigenvalue weighted by Crippen LogP contribution is -2.54. The molecule has 2 fully saturated rings. The van der Waals surface area contributed by atoms with Crippen LogP contribution in [0.1, 0.15) is 6.92 Å². The van der Waals surface area contributed by atoms with Crippen LogP contribution in [-0.2, 0) is 9.59 Å². The third-order valence-corrected chi connectivity index (χ3v) is 6.00. The van der Waals surface area contributed by atoms with Crippen LogP contribution in [0, 0.1) is 0 Å². The smallest absolute Gasteiger partial charge is 0.288 e. The summed E-state index contributed by atoms with van der Waals surface area (Å²) in [5.74, 6) is 0.771. The van der Waals surface area contributed by atoms with E-state index >= 15 is 0 Å². The number of para-hydroxylation sites is 2. The molecule has 1 aromatic rings. The minimum Gasteiger partial charge on any atom is -0.495 e. The quantitative estimate of drug-likeness (QED) is 0.724. The van der Waals surface area contributed by atoms with Gasteiger partial charge >= 0.3 is 0 Å². The minimum atomic E-state index is -0.265. The van der Waals surface area contributed by atoms with Crippen LogP contribution in [0.3, 0.4) is 0 Å². The molecule has 1 atom stereocenters. The number of imide groups is 1. The molecule has 1 aromatic carbocycles. The highest BCUT2D eigenvalue weighted by atomic mass is 32.2. The maximum Gasteiger partial charge on any atom is 0.288 e. The van der Waals surface area contributed by atoms with Gasteiger partial charge in [-0.2, -0.15) is 0 Å². The topological polar surface area (TPSA) is 82.2 Å². The molecular formula is C19H26N4O4S. The molecule has 152 valence electrons. The van der Waals surface area contributed by atoms with Crippen molar-refractivity contribution < 1.29 is 19.1 Å². The fourth-order valence-corrected chi connectivity index (χ4v) is 4.19. The van der Waals surface area contributed by atoms with Gasteiger partial charge in [0.15, 0.2) is 0 Å². The summed E-state index contributed by atoms with van der Waals surface area (Å²) in [7, 11) is 1.67. The van der Waals surface area contributed by atoms with Gasteiger partial charge in [-0.05, 0) is 19.1 Å². The summed E-state index contributed by atoms with van der Waals surface area (Å²) in [4.78, 5) is 41.2. The highest BCUT2D eigenvalue weighted by Gasteiger charge is 2.30. The largest absolute Gasteiger partial charge is 0.495 e. The second kappa shape index (κ2) is 9.29. The molecule has 0 bridgehead atoms. The van der Waals surface area contributed by atoms with E-state index in [9.17, 15) is 14.4 Å². The molecule has 0 radical (unpaired) electrons. The van der Waals surface area contributed by atoms with E-state index in [0.717, 1.165) is 49.4 Å². The van der Waals surface area contributed by atoms with Crippen molar-refractivity contribution in [1.82, 2.24) is 15.1 Å². The van der Waals surface area contributed by atoms with Crippen LogP contribution in [0.15, 0.2) is 24.3 Å². The maximum absolute atomic E-state index is 12.5. The third-order valence-electron chi connectivity index (χ3n) is 5.14. The predicted octanol–water partition coefficient (Wildman–Crippen LogP) is 1.02. The molecule has 2 heterocycles. The number of ether oxygens (including phenoxy) is 1. The fraction of sp³-hybridized carbons (Fsp3) is 0.526. The molecule has 2 aliphatic rings. The first-order valence-corrected chi connectivity index (χ1v) is 10.4. The summed E-state index contributed by atoms with van der Waals surface area (Å²) in [6.45, 7) is 5.56. The van der Waals surface area contributed by atoms with Gasteiger partial charge in [-0.3, -0.25) is 24.2 Å². The Balaban J connectivity index is 1.45. The second-order valence-electron chi connectivity index (χ2n) is 6.76. The molecule has 0 aliphatic carbocycles. The molecule has 3 amide bonds. The van der Waals surface area contributed by atoms with E-state index in [2.05, 4.69) is 15.1 Å². The molecule has 0 spiro atoms. The average Bonchev–Trinajstić information content (AvgIpc) is 3.05. The number of rotatable bonds is 7. The maximum atomic E-state index is 12.5. The van der Waals surface area contributed by atoms with E-state index < -0.39 is 0 Å². The Bertz CT molecular complexity index is 720. The highest BCUT2D eigenvalue weighted by molar-refractivity contribution is 8.14. The zero-order valence-electron chi connectivity index (χ0n) is 16.2. The Morgan fingerprint density at radius 2 is 1.93 bits per heavy atom. The number of benzene rings is 1. The number of hydrogen-bond donors (Lipinski definition) is 1. The summed E-state index contributed by atoms with van der Waals surface area (Å²) in [5, 5.41) is 2.60. The molecule has 3 rings (SSSR count). The van der Waals surface area contributed by atoms with Crippen molar-refractivity contribution in [3.05, 3.63) is 24.3 Å². The summed E-state index contributed by atoms with van der Waals surface area (Å²) in [6.07, 6.45) is 0. The zero-order chi connectivity index (χ0) is 20.1. The first kappa shape index (κ1) is 20.5. The highest BCUT2D eigenvalue weighted by Crippen LogP contribution is 2.28. The number of thioether (sulfide) groups is 1. The van der Waals surface area contributed by atoms with E-state index in [1.807, 2.05) is 31.2 Å². The van der Waals surface area contributed by atoms with E-state index in [-0.39, 0.29) is 41.9 Å². The number of methoxy groups -OCH3 is 1. The van der Waals surface area contributed by atoms with Gasteiger partial charge < -0.3 is 15.0 Å². The SMILES string of the molecule is COc1ccccc1N1CCN([C@H](C)C(=O)NCCN2C(=O)CSC2=O)CC1. The molecule has 0 aromatic heterocycles. The van der Waals surface area contributed by atoms with Crippen molar-refractivity contribution in [1.29, 1.82) is 0 Å². The predicted molar refractivity (Wildman–Crippen MR) is 109 cm³/mol. The third kappa shape index (κ3) is 4.59. The van der Waals surface area contributed by atoms with Crippen LogP contribution in [0.25, 0.3) is 0 Å². The number of nitrogens with zero attached hydrogens (tertiary/aromatic N) is 3. The Morgan fingerprint density at radius 3 is 2.57 bits per heavy atom. The molecule has 0 unspecified atom stereocenters. The number of carbonyl (C=O) groups excluding carboxylic acids is 3. The normalized spacial score (nSPS) is 19.1. The van der Waals surface area contributed by atoms with Crippen LogP contribution < -0.4 is 15.0 Å². The van der Waals surface area contributed by atoms with Crippen molar-refractivity contribution in [2.75, 3.05) is 57.0 Å². The molecule has 28 heavy (non-hydrogen) atoms. The van der Waals surface area contributed by atoms with Gasteiger partial charge in [-0.1, -0.05) is 23.9 Å². The van der Waals surface area contributed by atoms with Gasteiger partial charge in [0.1, 0.15) is 5.75 Å². The van der Waals surface area contributed by atoms with Crippen molar-refractivity contribution in [2.45, 2.75) is 13.0 Å². The molecule has 9 heteroatoms. The lowest BCUT2D eigenvalue weighted by atomic mass is 10.2. The lowest BCUT2D eigenvalue weighted by Gasteiger charge is -2.38. The lowest BCUT2D eigenvalue weighted by molar-refractivity contribution is -0.127. The van der Waals surface area contributed by atoms with Gasteiger partial charge in [-0.15, -0.1) is 0 Å². The van der Waals surface area contributed by atoms with Gasteiger partial charge in [0, 0.05) is 39.3 Å². The van der Waals surface area contributed by atoms with Crippen molar-refractivity contribution in [3.8, 4) is 5.75 Å². The van der Waals surface area contributed by atoms with Gasteiger partial charge in [0.2, 0.25) is 11.8 Å². The fourth-order valence-electron chi connectivity index (χ4n) is 3.44. The van der Waals surface area contributed by atoms with E-state index in [1.54, 1.807) is 7.11 Å². The number of nitrogens with one attached hydrogen (secondary N) is 1. The second-order valence-corrected chi connectivity index (χ2v) is 7.69. The summed E-state index contributed by atoms with van der Waals surface area (Å²) < 4.78 is 5.44. The number of hydrogen-bond acceptors (Lipinski definition) is 7. The number of amides is 3. The van der Waals surface area contributed by atoms with Crippen LogP contribution >= 0.6 is 11.8 Å². The van der Waals surface area contributed by atoms with Crippen LogP contribution in [0.4, 0.5) is 10.5 Å². The first-order valence-electron chi connectivity index (χ1n) is 9.38. The van der Waals surface area contributed by atoms with Crippen LogP contribution in [0.2, 0.25) is 0 Å². The Labute approximate surface area is 169 Å². The van der Waals surface area contributed by atoms with Gasteiger partial charge in [-0.25, -0.2) is 0 Å². The molecule has 2 aliphatic heterocycles. The minimum absolute atomic E-state index is 0.0857. The van der Waals surface area contributed by atoms with Gasteiger partial charge in [0.05, 0.1) is 24.6 Å². The Kier molecular flexibility index (Phi) is 6.79. The zero-order valence-corrected chi connectivity index (χ0v) is 17.0. The standard InChI is InChI=1S/C19H26N4O4S/c1-14(18(25)20-7-8-23-17(24)13-28-19(23)26)21-9-11-22(12-10-21)15-5-3-4-6-16(15)27-2/h3-6,14H,7-13H2,1-2H3,(H,20,25)/t14-/m1/s1. The molecule has 8 nitrogen and oxygen atoms in total. The van der Waals surface area contributed by atoms with Gasteiger partial charge in [0.25, 0.3) is 5.24 Å². The first-order chi connectivity index (χ1) is 13.5. The average molecular weight is 407 g/mol. The number of anilines is 1. The van der Waals surface area contributed by atoms with Crippen LogP contribution in [0.5, 0.6) is 5.75 Å². The number of carbonyl (C=O) groups is 3. The van der Waals surface area contributed by atoms with Crippen molar-refractivity contribution >= 4 is 34.5 Å². The Hall–Kier alpha value is -2.26. The van der Waals surface area contributed by atoms with E-state index in [1.165, 1.54) is 4.90 Å². The number of piperazine rings is 1. The van der Waals surface area contributed by atoms with Crippen molar-refractivity contribution in [2.24, 2.45) is 0 Å². The van der Waals surface area contributed by atoms with E-state index in [4.69, 9.17) is 4.74 Å². The van der Waals surface area contributed by atoms with E-state index in [0.29, 0.717) is 0 Å². The molecule has 0 saturated carbocycles. The summed E-state index contributed by atoms with van der Waals surface area (Å²) in [6, 6.07) is 7.68. The van der Waals surface area contributed by atoms with Crippen molar-refractivity contribution in [3.63, 3.8) is 0 Å². The Morgan fingerprint density at radius 1 is 1.21 bits per heavy atom. The molecule has 1 N–H and O–H groups in total. The molecule has 2 saturated heterocycles. The summed E-state index contributed by atoms with van der Waals surface area (Å²) >= 11 is 1.01. The monoisotopic (exact) mass is 406 g/mol. The summed E-state index contributed by atoms with van der Waals surface area (Å²) in [5.41, 5.74) is 1.07. The molecular weight excluding hydrogens is 380 g/mol.